The molecule has 0 aliphatic carbocycles. The Balaban J connectivity index is 1.63. The Kier molecular flexibility index (Phi) is 6.31. The number of allylic oxidation sites excluding steroid dienone is 1. The van der Waals surface area contributed by atoms with Crippen LogP contribution < -0.4 is 4.74 Å². The molecule has 3 aromatic rings. The van der Waals surface area contributed by atoms with Gasteiger partial charge in [0.25, 0.3) is 0 Å². The molecule has 0 unspecified atom stereocenters. The summed E-state index contributed by atoms with van der Waals surface area (Å²) in [4.78, 5) is 24.7. The third-order valence-electron chi connectivity index (χ3n) is 4.84. The second kappa shape index (κ2) is 8.91. The van der Waals surface area contributed by atoms with Gasteiger partial charge >= 0.3 is 5.97 Å². The summed E-state index contributed by atoms with van der Waals surface area (Å²) >= 11 is 0. The van der Waals surface area contributed by atoms with Crippen molar-refractivity contribution < 1.29 is 14.3 Å². The van der Waals surface area contributed by atoms with Gasteiger partial charge in [0, 0.05) is 5.56 Å². The average Bonchev–Trinajstić information content (AvgIpc) is 2.73. The third kappa shape index (κ3) is 5.54. The number of esters is 1. The lowest BCUT2D eigenvalue weighted by molar-refractivity contribution is 0.0734. The molecule has 3 rings (SSSR count). The van der Waals surface area contributed by atoms with Crippen LogP contribution in [0.1, 0.15) is 58.2 Å². The molecule has 0 fully saturated rings. The molecular weight excluding hydrogens is 372 g/mol. The number of hydrogen-bond acceptors (Lipinski definition) is 3. The molecule has 0 aliphatic rings. The minimum absolute atomic E-state index is 0.0265. The third-order valence-corrected chi connectivity index (χ3v) is 4.84. The van der Waals surface area contributed by atoms with Crippen molar-refractivity contribution in [3.05, 3.63) is 107 Å². The Morgan fingerprint density at radius 2 is 1.33 bits per heavy atom. The van der Waals surface area contributed by atoms with E-state index >= 15 is 0 Å². The predicted molar refractivity (Wildman–Crippen MR) is 121 cm³/mol. The summed E-state index contributed by atoms with van der Waals surface area (Å²) in [7, 11) is 0. The molecule has 0 N–H and O–H groups in total. The maximum absolute atomic E-state index is 12.4. The number of ether oxygens (including phenoxy) is 1. The fraction of sp³-hybridized carbons (Fsp3) is 0.185. The molecule has 3 aromatic carbocycles. The van der Waals surface area contributed by atoms with Gasteiger partial charge in [-0.15, -0.1) is 0 Å². The Morgan fingerprint density at radius 1 is 0.767 bits per heavy atom. The Bertz CT molecular complexity index is 1050. The maximum Gasteiger partial charge on any atom is 0.343 e. The van der Waals surface area contributed by atoms with Crippen LogP contribution in [-0.2, 0) is 5.41 Å². The van der Waals surface area contributed by atoms with E-state index < -0.39 is 5.97 Å². The van der Waals surface area contributed by atoms with Crippen molar-refractivity contribution in [3.8, 4) is 5.75 Å². The van der Waals surface area contributed by atoms with Gasteiger partial charge in [0.2, 0.25) is 0 Å². The predicted octanol–water partition coefficient (Wildman–Crippen LogP) is 6.41. The lowest BCUT2D eigenvalue weighted by Crippen LogP contribution is -2.13. The highest BCUT2D eigenvalue weighted by Crippen LogP contribution is 2.23. The molecule has 0 aliphatic heterocycles. The van der Waals surface area contributed by atoms with E-state index in [2.05, 4.69) is 20.8 Å². The molecule has 30 heavy (non-hydrogen) atoms. The van der Waals surface area contributed by atoms with Crippen LogP contribution in [0.2, 0.25) is 0 Å². The monoisotopic (exact) mass is 398 g/mol. The van der Waals surface area contributed by atoms with E-state index in [-0.39, 0.29) is 11.2 Å². The van der Waals surface area contributed by atoms with Gasteiger partial charge in [0.1, 0.15) is 5.75 Å². The molecule has 0 heterocycles. The van der Waals surface area contributed by atoms with E-state index in [1.54, 1.807) is 48.6 Å². The first-order valence-electron chi connectivity index (χ1n) is 9.94. The first-order valence-corrected chi connectivity index (χ1v) is 9.94. The van der Waals surface area contributed by atoms with Crippen LogP contribution in [0.25, 0.3) is 6.08 Å². The summed E-state index contributed by atoms with van der Waals surface area (Å²) in [5, 5.41) is 0. The van der Waals surface area contributed by atoms with Gasteiger partial charge in [-0.3, -0.25) is 4.79 Å². The second-order valence-corrected chi connectivity index (χ2v) is 8.35. The van der Waals surface area contributed by atoms with Gasteiger partial charge in [-0.2, -0.15) is 0 Å². The van der Waals surface area contributed by atoms with Crippen molar-refractivity contribution in [1.82, 2.24) is 0 Å². The van der Waals surface area contributed by atoms with Crippen molar-refractivity contribution in [2.24, 2.45) is 0 Å². The zero-order valence-electron chi connectivity index (χ0n) is 17.8. The molecule has 0 atom stereocenters. The molecule has 3 nitrogen and oxygen atoms in total. The van der Waals surface area contributed by atoms with Gasteiger partial charge < -0.3 is 4.74 Å². The summed E-state index contributed by atoms with van der Waals surface area (Å²) in [6.07, 6.45) is 3.33. The summed E-state index contributed by atoms with van der Waals surface area (Å²) in [5.74, 6) is -0.126. The summed E-state index contributed by atoms with van der Waals surface area (Å²) in [6, 6.07) is 22.0. The normalized spacial score (nSPS) is 11.5. The SMILES string of the molecule is Cc1ccc(C=CC(=O)c2ccc(OC(=O)c3ccc(C(C)(C)C)cc3)cc2)cc1. The van der Waals surface area contributed by atoms with Gasteiger partial charge in [0.05, 0.1) is 5.56 Å². The van der Waals surface area contributed by atoms with Crippen LogP contribution in [-0.4, -0.2) is 11.8 Å². The molecule has 0 radical (unpaired) electrons. The smallest absolute Gasteiger partial charge is 0.343 e. The zero-order valence-corrected chi connectivity index (χ0v) is 17.8. The minimum atomic E-state index is -0.422. The number of aryl methyl sites for hydroxylation is 1. The van der Waals surface area contributed by atoms with Gasteiger partial charge in [-0.05, 0) is 65.9 Å². The highest BCUT2D eigenvalue weighted by atomic mass is 16.5. The molecule has 0 bridgehead atoms. The van der Waals surface area contributed by atoms with Gasteiger partial charge in [0.15, 0.2) is 5.78 Å². The molecule has 3 heteroatoms. The first kappa shape index (κ1) is 21.3. The highest BCUT2D eigenvalue weighted by molar-refractivity contribution is 6.06. The van der Waals surface area contributed by atoms with E-state index in [1.165, 1.54) is 5.56 Å². The molecule has 0 amide bonds. The minimum Gasteiger partial charge on any atom is -0.423 e. The Morgan fingerprint density at radius 3 is 1.90 bits per heavy atom. The Hall–Kier alpha value is -3.46. The van der Waals surface area contributed by atoms with Crippen molar-refractivity contribution in [3.63, 3.8) is 0 Å². The summed E-state index contributed by atoms with van der Waals surface area (Å²) in [6.45, 7) is 8.39. The molecule has 0 aromatic heterocycles. The molecule has 0 saturated carbocycles. The van der Waals surface area contributed by atoms with Crippen molar-refractivity contribution in [1.29, 1.82) is 0 Å². The fourth-order valence-corrected chi connectivity index (χ4v) is 2.91. The van der Waals surface area contributed by atoms with Crippen molar-refractivity contribution in [2.75, 3.05) is 0 Å². The number of carbonyl (C=O) groups is 2. The van der Waals surface area contributed by atoms with Crippen LogP contribution >= 0.6 is 0 Å². The zero-order chi connectivity index (χ0) is 21.7. The summed E-state index contributed by atoms with van der Waals surface area (Å²) < 4.78 is 5.43. The lowest BCUT2D eigenvalue weighted by Gasteiger charge is -2.18. The van der Waals surface area contributed by atoms with Crippen LogP contribution in [0.5, 0.6) is 5.75 Å². The van der Waals surface area contributed by atoms with Crippen molar-refractivity contribution in [2.45, 2.75) is 33.1 Å². The number of ketones is 1. The molecule has 0 spiro atoms. The number of benzene rings is 3. The van der Waals surface area contributed by atoms with Crippen LogP contribution in [0.3, 0.4) is 0 Å². The Labute approximate surface area is 178 Å². The fourth-order valence-electron chi connectivity index (χ4n) is 2.91. The molecule has 0 saturated heterocycles. The van der Waals surface area contributed by atoms with Gasteiger partial charge in [-0.25, -0.2) is 4.79 Å². The average molecular weight is 399 g/mol. The number of rotatable bonds is 5. The largest absolute Gasteiger partial charge is 0.423 e. The summed E-state index contributed by atoms with van der Waals surface area (Å²) in [5.41, 5.74) is 4.35. The van der Waals surface area contributed by atoms with E-state index in [1.807, 2.05) is 43.3 Å². The molecular formula is C27H26O3. The highest BCUT2D eigenvalue weighted by Gasteiger charge is 2.15. The first-order chi connectivity index (χ1) is 14.2. The second-order valence-electron chi connectivity index (χ2n) is 8.35. The van der Waals surface area contributed by atoms with E-state index in [4.69, 9.17) is 4.74 Å². The van der Waals surface area contributed by atoms with Crippen LogP contribution in [0, 0.1) is 6.92 Å². The lowest BCUT2D eigenvalue weighted by atomic mass is 9.87. The van der Waals surface area contributed by atoms with E-state index in [0.29, 0.717) is 16.9 Å². The van der Waals surface area contributed by atoms with Crippen LogP contribution in [0.15, 0.2) is 78.9 Å². The number of carbonyl (C=O) groups excluding carboxylic acids is 2. The van der Waals surface area contributed by atoms with Gasteiger partial charge in [-0.1, -0.05) is 68.8 Å². The topological polar surface area (TPSA) is 43.4 Å². The van der Waals surface area contributed by atoms with Crippen LogP contribution in [0.4, 0.5) is 0 Å². The molecule has 152 valence electrons. The maximum atomic E-state index is 12.4. The van der Waals surface area contributed by atoms with E-state index in [0.717, 1.165) is 11.1 Å². The number of hydrogen-bond donors (Lipinski definition) is 0. The standard InChI is InChI=1S/C27H26O3/c1-19-5-7-20(8-6-19)9-18-25(28)21-12-16-24(17-13-21)30-26(29)22-10-14-23(15-11-22)27(2,3)4/h5-18H,1-4H3. The van der Waals surface area contributed by atoms with E-state index in [9.17, 15) is 9.59 Å². The quantitative estimate of drug-likeness (QED) is 0.216. The van der Waals surface area contributed by atoms with Crippen molar-refractivity contribution >= 4 is 17.8 Å².